The average molecular weight is 654 g/mol. The van der Waals surface area contributed by atoms with Crippen LogP contribution < -0.4 is 10.6 Å². The molecule has 2 aromatic rings. The maximum atomic E-state index is 14.4. The fourth-order valence-electron chi connectivity index (χ4n) is 8.69. The van der Waals surface area contributed by atoms with Crippen molar-refractivity contribution in [1.29, 1.82) is 0 Å². The minimum absolute atomic E-state index is 0.112. The number of hydrogen-bond donors (Lipinski definition) is 2. The molecule has 5 unspecified atom stereocenters. The van der Waals surface area contributed by atoms with Crippen LogP contribution in [0.25, 0.3) is 0 Å². The Hall–Kier alpha value is -3.53. The lowest BCUT2D eigenvalue weighted by Crippen LogP contribution is -2.56. The molecule has 256 valence electrons. The zero-order valence-corrected chi connectivity index (χ0v) is 28.5. The van der Waals surface area contributed by atoms with Gasteiger partial charge in [0, 0.05) is 51.0 Å². The number of anilines is 1. The summed E-state index contributed by atoms with van der Waals surface area (Å²) in [6.45, 7) is 10.5. The number of nitrogens with one attached hydrogen (secondary N) is 2. The predicted molar refractivity (Wildman–Crippen MR) is 186 cm³/mol. The molecule has 2 aromatic carbocycles. The van der Waals surface area contributed by atoms with Gasteiger partial charge in [0.1, 0.15) is 11.6 Å². The van der Waals surface area contributed by atoms with Gasteiger partial charge in [-0.25, -0.2) is 0 Å². The topological polar surface area (TPSA) is 94.2 Å². The van der Waals surface area contributed by atoms with E-state index in [1.165, 1.54) is 17.5 Å². The van der Waals surface area contributed by atoms with E-state index in [1.807, 2.05) is 36.4 Å². The first-order valence-electron chi connectivity index (χ1n) is 18.2. The first-order chi connectivity index (χ1) is 23.3. The highest BCUT2D eigenvalue weighted by atomic mass is 16.5. The molecule has 3 saturated heterocycles. The molecular weight excluding hydrogens is 602 g/mol. The second-order valence-electron chi connectivity index (χ2n) is 14.8. The highest BCUT2D eigenvalue weighted by molar-refractivity contribution is 6.02. The Morgan fingerprint density at radius 2 is 1.60 bits per heavy atom. The van der Waals surface area contributed by atoms with Crippen LogP contribution in [0.3, 0.4) is 0 Å². The van der Waals surface area contributed by atoms with Crippen LogP contribution in [0.2, 0.25) is 0 Å². The summed E-state index contributed by atoms with van der Waals surface area (Å²) in [6.07, 6.45) is 9.34. The lowest BCUT2D eigenvalue weighted by molar-refractivity contribution is -0.141. The van der Waals surface area contributed by atoms with Gasteiger partial charge in [0.05, 0.1) is 17.9 Å². The molecule has 1 saturated carbocycles. The molecule has 4 heterocycles. The summed E-state index contributed by atoms with van der Waals surface area (Å²) >= 11 is 0. The number of rotatable bonds is 11. The maximum absolute atomic E-state index is 14.4. The van der Waals surface area contributed by atoms with Crippen LogP contribution in [0.1, 0.15) is 69.4 Å². The third-order valence-electron chi connectivity index (χ3n) is 11.3. The van der Waals surface area contributed by atoms with E-state index in [1.54, 1.807) is 4.90 Å². The second-order valence-corrected chi connectivity index (χ2v) is 14.8. The summed E-state index contributed by atoms with van der Waals surface area (Å²) in [4.78, 5) is 49.1. The number of benzene rings is 2. The molecule has 9 heteroatoms. The predicted octanol–water partition coefficient (Wildman–Crippen LogP) is 4.56. The van der Waals surface area contributed by atoms with Crippen molar-refractivity contribution in [3.05, 3.63) is 77.9 Å². The lowest BCUT2D eigenvalue weighted by atomic mass is 9.74. The van der Waals surface area contributed by atoms with E-state index in [4.69, 9.17) is 4.74 Å². The van der Waals surface area contributed by atoms with Crippen LogP contribution in [0, 0.1) is 11.8 Å². The largest absolute Gasteiger partial charge is 0.359 e. The van der Waals surface area contributed by atoms with E-state index in [0.29, 0.717) is 18.2 Å². The van der Waals surface area contributed by atoms with Crippen molar-refractivity contribution in [2.45, 2.75) is 88.6 Å². The van der Waals surface area contributed by atoms with Crippen molar-refractivity contribution in [2.75, 3.05) is 44.6 Å². The van der Waals surface area contributed by atoms with Crippen molar-refractivity contribution in [3.63, 3.8) is 0 Å². The van der Waals surface area contributed by atoms with Crippen LogP contribution >= 0.6 is 0 Å². The smallest absolute Gasteiger partial charge is 0.246 e. The Balaban J connectivity index is 1.03. The number of carbonyl (C=O) groups excluding carboxylic acids is 3. The summed E-state index contributed by atoms with van der Waals surface area (Å²) in [6, 6.07) is 17.8. The van der Waals surface area contributed by atoms with Gasteiger partial charge in [-0.05, 0) is 55.0 Å². The average Bonchev–Trinajstić information content (AvgIpc) is 3.74. The van der Waals surface area contributed by atoms with Crippen molar-refractivity contribution in [3.8, 4) is 0 Å². The van der Waals surface area contributed by atoms with Crippen LogP contribution in [-0.4, -0.2) is 95.5 Å². The van der Waals surface area contributed by atoms with Gasteiger partial charge in [-0.3, -0.25) is 19.3 Å². The van der Waals surface area contributed by atoms with E-state index in [-0.39, 0.29) is 23.8 Å². The number of amides is 3. The van der Waals surface area contributed by atoms with Gasteiger partial charge in [-0.15, -0.1) is 0 Å². The first-order valence-corrected chi connectivity index (χ1v) is 18.2. The molecular formula is C39H51N5O4. The van der Waals surface area contributed by atoms with Crippen LogP contribution in [0.15, 0.2) is 66.7 Å². The minimum atomic E-state index is -1.13. The van der Waals surface area contributed by atoms with Gasteiger partial charge in [0.15, 0.2) is 0 Å². The summed E-state index contributed by atoms with van der Waals surface area (Å²) in [5.41, 5.74) is 2.10. The van der Waals surface area contributed by atoms with Crippen molar-refractivity contribution in [1.82, 2.24) is 20.0 Å². The Kier molecular flexibility index (Phi) is 9.72. The van der Waals surface area contributed by atoms with Gasteiger partial charge >= 0.3 is 0 Å². The number of piperazine rings is 1. The zero-order chi connectivity index (χ0) is 33.3. The van der Waals surface area contributed by atoms with E-state index in [2.05, 4.69) is 64.6 Å². The van der Waals surface area contributed by atoms with E-state index in [9.17, 15) is 14.4 Å². The first kappa shape index (κ1) is 33.0. The SMILES string of the molecule is CC(C)c1ccc(NC(=O)C2C3C=CC4(O3)C2C(=O)N(CCCN2CCN(Cc3ccccc3)CC2)C4C(=O)NC2CCCCC2)cc1. The Morgan fingerprint density at radius 1 is 0.896 bits per heavy atom. The number of likely N-dealkylation sites (tertiary alicyclic amines) is 1. The Bertz CT molecular complexity index is 1480. The summed E-state index contributed by atoms with van der Waals surface area (Å²) in [5.74, 6) is -1.56. The fraction of sp³-hybridized carbons (Fsp3) is 0.564. The quantitative estimate of drug-likeness (QED) is 0.346. The Labute approximate surface area is 285 Å². The third kappa shape index (κ3) is 6.57. The van der Waals surface area contributed by atoms with Gasteiger partial charge < -0.3 is 25.2 Å². The van der Waals surface area contributed by atoms with Gasteiger partial charge in [0.2, 0.25) is 17.7 Å². The zero-order valence-electron chi connectivity index (χ0n) is 28.5. The molecule has 48 heavy (non-hydrogen) atoms. The fourth-order valence-corrected chi connectivity index (χ4v) is 8.69. The van der Waals surface area contributed by atoms with Crippen molar-refractivity contribution < 1.29 is 19.1 Å². The number of ether oxygens (including phenoxy) is 1. The van der Waals surface area contributed by atoms with E-state index in [0.717, 1.165) is 71.4 Å². The monoisotopic (exact) mass is 653 g/mol. The maximum Gasteiger partial charge on any atom is 0.246 e. The number of carbonyl (C=O) groups is 3. The summed E-state index contributed by atoms with van der Waals surface area (Å²) in [5, 5.41) is 6.36. The molecule has 1 spiro atoms. The molecule has 2 N–H and O–H groups in total. The third-order valence-corrected chi connectivity index (χ3v) is 11.3. The van der Waals surface area contributed by atoms with Crippen LogP contribution in [0.5, 0.6) is 0 Å². The van der Waals surface area contributed by atoms with Crippen molar-refractivity contribution >= 4 is 23.4 Å². The van der Waals surface area contributed by atoms with E-state index < -0.39 is 29.6 Å². The number of nitrogens with zero attached hydrogens (tertiary/aromatic N) is 3. The normalized spacial score (nSPS) is 29.1. The molecule has 2 bridgehead atoms. The van der Waals surface area contributed by atoms with Gasteiger partial charge in [0.25, 0.3) is 0 Å². The molecule has 0 radical (unpaired) electrons. The van der Waals surface area contributed by atoms with Gasteiger partial charge in [-0.2, -0.15) is 0 Å². The second kappa shape index (κ2) is 14.1. The highest BCUT2D eigenvalue weighted by Crippen LogP contribution is 2.55. The molecule has 7 rings (SSSR count). The van der Waals surface area contributed by atoms with Crippen LogP contribution in [-0.2, 0) is 25.7 Å². The number of fused-ring (bicyclic) bond motifs is 1. The minimum Gasteiger partial charge on any atom is -0.359 e. The summed E-state index contributed by atoms with van der Waals surface area (Å²) in [7, 11) is 0. The molecule has 4 aliphatic heterocycles. The Morgan fingerprint density at radius 3 is 2.31 bits per heavy atom. The van der Waals surface area contributed by atoms with Crippen LogP contribution in [0.4, 0.5) is 5.69 Å². The summed E-state index contributed by atoms with van der Waals surface area (Å²) < 4.78 is 6.58. The van der Waals surface area contributed by atoms with E-state index >= 15 is 0 Å². The molecule has 1 aliphatic carbocycles. The molecule has 0 aromatic heterocycles. The standard InChI is InChI=1S/C39H51N5O4/c1-27(2)29-14-16-31(17-15-29)40-36(45)33-32-18-19-39(48-32)34(33)38(47)44(35(39)37(46)41-30-12-7-4-8-13-30)21-9-20-42-22-24-43(25-23-42)26-28-10-5-3-6-11-28/h3,5-6,10-11,14-19,27,30,32-35H,4,7-9,12-13,20-26H2,1-2H3,(H,40,45)(H,41,46). The number of hydrogen-bond acceptors (Lipinski definition) is 6. The lowest BCUT2D eigenvalue weighted by Gasteiger charge is -2.36. The molecule has 9 nitrogen and oxygen atoms in total. The highest BCUT2D eigenvalue weighted by Gasteiger charge is 2.72. The molecule has 4 fully saturated rings. The van der Waals surface area contributed by atoms with Gasteiger partial charge in [-0.1, -0.05) is 87.7 Å². The van der Waals surface area contributed by atoms with Crippen molar-refractivity contribution in [2.24, 2.45) is 11.8 Å². The molecule has 5 aliphatic rings. The molecule has 5 atom stereocenters. The molecule has 3 amide bonds.